The van der Waals surface area contributed by atoms with Gasteiger partial charge in [-0.2, -0.15) is 0 Å². The highest BCUT2D eigenvalue weighted by atomic mass is 16.3. The second-order valence-electron chi connectivity index (χ2n) is 16.8. The molecule has 15 nitrogen and oxygen atoms in total. The van der Waals surface area contributed by atoms with Gasteiger partial charge in [-0.05, 0) is 80.5 Å². The molecule has 5 fully saturated rings. The summed E-state index contributed by atoms with van der Waals surface area (Å²) in [5, 5.41) is 18.8. The molecule has 5 saturated heterocycles. The van der Waals surface area contributed by atoms with E-state index in [1.54, 1.807) is 21.9 Å². The zero-order chi connectivity index (χ0) is 41.8. The lowest BCUT2D eigenvalue weighted by molar-refractivity contribution is -0.151. The largest absolute Gasteiger partial charge is 0.508 e. The molecule has 0 radical (unpaired) electrons. The summed E-state index contributed by atoms with van der Waals surface area (Å²) in [4.78, 5) is 107. The molecule has 59 heavy (non-hydrogen) atoms. The van der Waals surface area contributed by atoms with Gasteiger partial charge >= 0.3 is 0 Å². The lowest BCUT2D eigenvalue weighted by atomic mass is 9.96. The molecule has 316 valence electrons. The number of aromatic hydroxyl groups is 1. The molecule has 0 saturated carbocycles. The number of carbonyl (C=O) groups excluding carboxylic acids is 7. The molecule has 5 heterocycles. The van der Waals surface area contributed by atoms with E-state index in [1.807, 2.05) is 44.2 Å². The standard InChI is InChI=1S/C44H57N7O8/c1-3-27(2)37-40(55)46-32(26-29-17-19-30(52)20-18-29)41(56)48-21-7-13-33(48)38(53)45-31(25-28-11-5-4-6-12-28)42(57)50-23-9-15-35(50)44(59)51-24-10-16-36(51)43(58)49-22-8-14-34(49)39(54)47-37/h4-6,11-12,17-20,27,31-37,52H,3,7-10,13-16,21-26H2,1-2H3,(H,45,53)(H,46,55)(H,47,54). The van der Waals surface area contributed by atoms with E-state index in [4.69, 9.17) is 0 Å². The van der Waals surface area contributed by atoms with Gasteiger partial charge in [0.2, 0.25) is 41.4 Å². The highest BCUT2D eigenvalue weighted by molar-refractivity contribution is 5.99. The Kier molecular flexibility index (Phi) is 12.9. The molecule has 0 bridgehead atoms. The van der Waals surface area contributed by atoms with Crippen LogP contribution < -0.4 is 16.0 Å². The monoisotopic (exact) mass is 811 g/mol. The summed E-state index contributed by atoms with van der Waals surface area (Å²) < 4.78 is 0. The highest BCUT2D eigenvalue weighted by Gasteiger charge is 2.48. The molecule has 5 aliphatic heterocycles. The van der Waals surface area contributed by atoms with E-state index in [-0.39, 0.29) is 42.9 Å². The maximum atomic E-state index is 14.7. The Morgan fingerprint density at radius 3 is 1.46 bits per heavy atom. The van der Waals surface area contributed by atoms with Gasteiger partial charge in [-0.15, -0.1) is 0 Å². The zero-order valence-electron chi connectivity index (χ0n) is 34.0. The Bertz CT molecular complexity index is 1910. The van der Waals surface area contributed by atoms with Crippen molar-refractivity contribution in [3.63, 3.8) is 0 Å². The first-order valence-electron chi connectivity index (χ1n) is 21.4. The van der Waals surface area contributed by atoms with Gasteiger partial charge in [0.1, 0.15) is 48.0 Å². The number of fused-ring (bicyclic) bond motifs is 4. The van der Waals surface area contributed by atoms with E-state index in [9.17, 15) is 38.7 Å². The number of nitrogens with one attached hydrogen (secondary N) is 3. The zero-order valence-corrected chi connectivity index (χ0v) is 34.0. The van der Waals surface area contributed by atoms with Gasteiger partial charge in [0.15, 0.2) is 0 Å². The van der Waals surface area contributed by atoms with Crippen LogP contribution in [0.4, 0.5) is 0 Å². The lowest BCUT2D eigenvalue weighted by Gasteiger charge is -2.35. The maximum Gasteiger partial charge on any atom is 0.246 e. The van der Waals surface area contributed by atoms with E-state index in [2.05, 4.69) is 16.0 Å². The summed E-state index contributed by atoms with van der Waals surface area (Å²) in [5.74, 6) is -3.42. The number of phenolic OH excluding ortho intramolecular Hbond substituents is 1. The SMILES string of the molecule is CCC(C)C1NC(=O)C2CCCN2C(=O)C2CCCN2C(=O)C2CCCN2C(=O)C(Cc2ccccc2)NC(=O)C2CCCN2C(=O)C(Cc2ccc(O)cc2)NC1=O. The minimum Gasteiger partial charge on any atom is -0.508 e. The average Bonchev–Trinajstić information content (AvgIpc) is 4.09. The van der Waals surface area contributed by atoms with Crippen LogP contribution >= 0.6 is 0 Å². The van der Waals surface area contributed by atoms with E-state index in [0.29, 0.717) is 83.0 Å². The second-order valence-corrected chi connectivity index (χ2v) is 16.8. The number of benzene rings is 2. The van der Waals surface area contributed by atoms with Crippen LogP contribution in [0.2, 0.25) is 0 Å². The minimum absolute atomic E-state index is 0.0381. The molecule has 2 aromatic carbocycles. The topological polar surface area (TPSA) is 189 Å². The molecule has 7 rings (SSSR count). The first-order valence-corrected chi connectivity index (χ1v) is 21.4. The number of amides is 7. The molecular weight excluding hydrogens is 755 g/mol. The van der Waals surface area contributed by atoms with Gasteiger partial charge in [0.25, 0.3) is 0 Å². The molecule has 7 amide bonds. The first-order chi connectivity index (χ1) is 28.4. The fourth-order valence-electron chi connectivity index (χ4n) is 9.56. The van der Waals surface area contributed by atoms with Gasteiger partial charge in [-0.1, -0.05) is 62.7 Å². The smallest absolute Gasteiger partial charge is 0.246 e. The molecule has 0 aliphatic carbocycles. The molecule has 4 N–H and O–H groups in total. The van der Waals surface area contributed by atoms with E-state index in [0.717, 1.165) is 5.56 Å². The molecule has 2 aromatic rings. The Hall–Kier alpha value is -5.47. The lowest BCUT2D eigenvalue weighted by Crippen LogP contribution is -2.60. The van der Waals surface area contributed by atoms with Crippen LogP contribution in [0, 0.1) is 5.92 Å². The number of hydrogen-bond acceptors (Lipinski definition) is 8. The Labute approximate surface area is 345 Å². The van der Waals surface area contributed by atoms with E-state index >= 15 is 0 Å². The number of nitrogens with zero attached hydrogens (tertiary/aromatic N) is 4. The van der Waals surface area contributed by atoms with Crippen LogP contribution in [0.3, 0.4) is 0 Å². The Morgan fingerprint density at radius 1 is 0.542 bits per heavy atom. The van der Waals surface area contributed by atoms with Crippen molar-refractivity contribution in [2.75, 3.05) is 26.2 Å². The van der Waals surface area contributed by atoms with Crippen LogP contribution in [-0.2, 0) is 46.4 Å². The minimum atomic E-state index is -1.14. The van der Waals surface area contributed by atoms with Crippen molar-refractivity contribution < 1.29 is 38.7 Å². The molecule has 15 heteroatoms. The first kappa shape index (κ1) is 41.7. The molecule has 8 unspecified atom stereocenters. The summed E-state index contributed by atoms with van der Waals surface area (Å²) in [6.07, 6.45) is 4.54. The van der Waals surface area contributed by atoms with Crippen molar-refractivity contribution in [3.8, 4) is 5.75 Å². The maximum absolute atomic E-state index is 14.7. The Balaban J connectivity index is 1.27. The van der Waals surface area contributed by atoms with Crippen molar-refractivity contribution in [1.29, 1.82) is 0 Å². The van der Waals surface area contributed by atoms with Crippen molar-refractivity contribution in [3.05, 3.63) is 65.7 Å². The summed E-state index contributed by atoms with van der Waals surface area (Å²) in [6, 6.07) is 8.94. The van der Waals surface area contributed by atoms with Gasteiger partial charge in [-0.25, -0.2) is 0 Å². The normalized spacial score (nSPS) is 29.3. The van der Waals surface area contributed by atoms with Gasteiger partial charge in [-0.3, -0.25) is 33.6 Å². The van der Waals surface area contributed by atoms with Crippen LogP contribution in [0.1, 0.15) is 82.8 Å². The van der Waals surface area contributed by atoms with Crippen molar-refractivity contribution in [1.82, 2.24) is 35.6 Å². The van der Waals surface area contributed by atoms with Crippen molar-refractivity contribution >= 4 is 41.4 Å². The third-order valence-corrected chi connectivity index (χ3v) is 13.0. The predicted octanol–water partition coefficient (Wildman–Crippen LogP) is 1.66. The van der Waals surface area contributed by atoms with Crippen LogP contribution in [0.15, 0.2) is 54.6 Å². The summed E-state index contributed by atoms with van der Waals surface area (Å²) in [7, 11) is 0. The van der Waals surface area contributed by atoms with Crippen molar-refractivity contribution in [2.45, 2.75) is 127 Å². The quantitative estimate of drug-likeness (QED) is 0.339. The van der Waals surface area contributed by atoms with Crippen molar-refractivity contribution in [2.24, 2.45) is 5.92 Å². The van der Waals surface area contributed by atoms with E-state index in [1.165, 1.54) is 21.9 Å². The third kappa shape index (κ3) is 8.93. The summed E-state index contributed by atoms with van der Waals surface area (Å²) in [6.45, 7) is 4.95. The molecule has 0 spiro atoms. The summed E-state index contributed by atoms with van der Waals surface area (Å²) in [5.41, 5.74) is 1.46. The number of carbonyl (C=O) groups is 7. The number of rotatable bonds is 6. The second kappa shape index (κ2) is 18.2. The van der Waals surface area contributed by atoms with Gasteiger partial charge in [0.05, 0.1) is 0 Å². The highest BCUT2D eigenvalue weighted by Crippen LogP contribution is 2.30. The van der Waals surface area contributed by atoms with Gasteiger partial charge in [0, 0.05) is 39.0 Å². The fourth-order valence-corrected chi connectivity index (χ4v) is 9.56. The number of hydrogen-bond donors (Lipinski definition) is 4. The summed E-state index contributed by atoms with van der Waals surface area (Å²) >= 11 is 0. The van der Waals surface area contributed by atoms with Crippen LogP contribution in [-0.4, -0.2) is 135 Å². The fraction of sp³-hybridized carbons (Fsp3) is 0.568. The number of phenols is 1. The molecule has 5 aliphatic rings. The van der Waals surface area contributed by atoms with Crippen LogP contribution in [0.25, 0.3) is 0 Å². The Morgan fingerprint density at radius 2 is 0.949 bits per heavy atom. The molecule has 8 atom stereocenters. The van der Waals surface area contributed by atoms with E-state index < -0.39 is 71.8 Å². The average molecular weight is 812 g/mol. The third-order valence-electron chi connectivity index (χ3n) is 13.0. The van der Waals surface area contributed by atoms with Crippen LogP contribution in [0.5, 0.6) is 5.75 Å². The predicted molar refractivity (Wildman–Crippen MR) is 216 cm³/mol. The molecular formula is C44H57N7O8. The van der Waals surface area contributed by atoms with Gasteiger partial charge < -0.3 is 40.7 Å². The molecule has 0 aromatic heterocycles.